The molecule has 0 aliphatic heterocycles. The Hall–Kier alpha value is -1.30. The molecule has 0 fully saturated rings. The van der Waals surface area contributed by atoms with Crippen LogP contribution in [0.5, 0.6) is 0 Å². The van der Waals surface area contributed by atoms with E-state index in [-0.39, 0.29) is 30.5 Å². The lowest BCUT2D eigenvalue weighted by Crippen LogP contribution is -2.43. The molecule has 19 heavy (non-hydrogen) atoms. The highest BCUT2D eigenvalue weighted by Gasteiger charge is 2.13. The van der Waals surface area contributed by atoms with Crippen LogP contribution in [-0.4, -0.2) is 48.8 Å². The molecule has 0 saturated heterocycles. The number of nitrogens with zero attached hydrogens (tertiary/aromatic N) is 1. The van der Waals surface area contributed by atoms with Gasteiger partial charge in [-0.25, -0.2) is 4.99 Å². The number of carbonyl (C=O) groups is 1. The quantitative estimate of drug-likeness (QED) is 0.408. The van der Waals surface area contributed by atoms with E-state index in [0.717, 1.165) is 6.54 Å². The molecule has 0 spiro atoms. The Morgan fingerprint density at radius 1 is 1.32 bits per heavy atom. The summed E-state index contributed by atoms with van der Waals surface area (Å²) in [6.07, 6.45) is 0. The predicted molar refractivity (Wildman–Crippen MR) is 78.1 cm³/mol. The van der Waals surface area contributed by atoms with Crippen LogP contribution in [0.3, 0.4) is 0 Å². The minimum absolute atomic E-state index is 0.0834. The molecule has 1 atom stereocenters. The van der Waals surface area contributed by atoms with E-state index in [4.69, 9.17) is 5.11 Å². The van der Waals surface area contributed by atoms with Crippen LogP contribution in [0, 0.1) is 5.92 Å². The van der Waals surface area contributed by atoms with Crippen LogP contribution in [0.4, 0.5) is 0 Å². The van der Waals surface area contributed by atoms with Gasteiger partial charge in [0.2, 0.25) is 5.91 Å². The average Bonchev–Trinajstić information content (AvgIpc) is 2.30. The van der Waals surface area contributed by atoms with Crippen molar-refractivity contribution in [2.75, 3.05) is 26.2 Å². The zero-order valence-electron chi connectivity index (χ0n) is 12.7. The second-order valence-corrected chi connectivity index (χ2v) is 5.66. The largest absolute Gasteiger partial charge is 0.396 e. The zero-order chi connectivity index (χ0) is 14.9. The number of rotatable bonds is 6. The van der Waals surface area contributed by atoms with E-state index in [1.807, 2.05) is 34.6 Å². The Morgan fingerprint density at radius 2 is 1.95 bits per heavy atom. The first kappa shape index (κ1) is 17.7. The van der Waals surface area contributed by atoms with Gasteiger partial charge in [-0.3, -0.25) is 4.79 Å². The Balaban J connectivity index is 4.29. The number of aliphatic hydroxyl groups excluding tert-OH is 1. The van der Waals surface area contributed by atoms with Crippen LogP contribution >= 0.6 is 0 Å². The first-order valence-electron chi connectivity index (χ1n) is 6.72. The number of carbonyl (C=O) groups excluding carboxylic acids is 1. The fourth-order valence-electron chi connectivity index (χ4n) is 1.29. The molecule has 0 radical (unpaired) electrons. The fourth-order valence-corrected chi connectivity index (χ4v) is 1.29. The Bertz CT molecular complexity index is 298. The van der Waals surface area contributed by atoms with Gasteiger partial charge < -0.3 is 21.1 Å². The third-order valence-electron chi connectivity index (χ3n) is 2.17. The van der Waals surface area contributed by atoms with E-state index >= 15 is 0 Å². The zero-order valence-corrected chi connectivity index (χ0v) is 12.7. The van der Waals surface area contributed by atoms with E-state index < -0.39 is 0 Å². The SMILES string of the molecule is CCNC(=NCC(=O)NC(C)(C)C)NCC(C)CO. The fraction of sp³-hybridized carbons (Fsp3) is 0.846. The Labute approximate surface area is 116 Å². The summed E-state index contributed by atoms with van der Waals surface area (Å²) < 4.78 is 0. The van der Waals surface area contributed by atoms with E-state index in [9.17, 15) is 4.79 Å². The van der Waals surface area contributed by atoms with Crippen molar-refractivity contribution in [3.8, 4) is 0 Å². The summed E-state index contributed by atoms with van der Waals surface area (Å²) in [7, 11) is 0. The molecule has 1 amide bonds. The maximum atomic E-state index is 11.6. The lowest BCUT2D eigenvalue weighted by atomic mass is 10.1. The van der Waals surface area contributed by atoms with Crippen LogP contribution in [0.15, 0.2) is 4.99 Å². The number of hydrogen-bond acceptors (Lipinski definition) is 3. The van der Waals surface area contributed by atoms with Crippen LogP contribution in [0.1, 0.15) is 34.6 Å². The molecule has 0 aliphatic carbocycles. The van der Waals surface area contributed by atoms with Gasteiger partial charge in [0.05, 0.1) is 0 Å². The topological polar surface area (TPSA) is 85.8 Å². The molecule has 6 heteroatoms. The second-order valence-electron chi connectivity index (χ2n) is 5.66. The number of aliphatic imine (C=N–C) groups is 1. The van der Waals surface area contributed by atoms with Crippen molar-refractivity contribution in [2.45, 2.75) is 40.2 Å². The second kappa shape index (κ2) is 8.74. The van der Waals surface area contributed by atoms with E-state index in [0.29, 0.717) is 12.5 Å². The third-order valence-corrected chi connectivity index (χ3v) is 2.17. The summed E-state index contributed by atoms with van der Waals surface area (Å²) >= 11 is 0. The maximum Gasteiger partial charge on any atom is 0.242 e. The lowest BCUT2D eigenvalue weighted by Gasteiger charge is -2.20. The number of aliphatic hydroxyl groups is 1. The van der Waals surface area contributed by atoms with Gasteiger partial charge in [0, 0.05) is 25.2 Å². The summed E-state index contributed by atoms with van der Waals surface area (Å²) in [6, 6.07) is 0. The van der Waals surface area contributed by atoms with E-state index in [1.165, 1.54) is 0 Å². The van der Waals surface area contributed by atoms with Gasteiger partial charge in [-0.1, -0.05) is 6.92 Å². The number of hydrogen-bond donors (Lipinski definition) is 4. The summed E-state index contributed by atoms with van der Waals surface area (Å²) in [6.45, 7) is 11.2. The summed E-state index contributed by atoms with van der Waals surface area (Å²) in [4.78, 5) is 15.9. The first-order valence-corrected chi connectivity index (χ1v) is 6.72. The summed E-state index contributed by atoms with van der Waals surface area (Å²) in [5.41, 5.74) is -0.246. The molecule has 0 saturated carbocycles. The van der Waals surface area contributed by atoms with Gasteiger partial charge in [0.25, 0.3) is 0 Å². The van der Waals surface area contributed by atoms with Gasteiger partial charge in [-0.2, -0.15) is 0 Å². The first-order chi connectivity index (χ1) is 8.78. The normalized spacial score (nSPS) is 13.9. The van der Waals surface area contributed by atoms with Gasteiger partial charge in [0.15, 0.2) is 5.96 Å². The number of guanidine groups is 1. The van der Waals surface area contributed by atoms with Gasteiger partial charge >= 0.3 is 0 Å². The summed E-state index contributed by atoms with van der Waals surface area (Å²) in [5, 5.41) is 18.0. The minimum Gasteiger partial charge on any atom is -0.396 e. The molecular weight excluding hydrogens is 244 g/mol. The van der Waals surface area contributed by atoms with Crippen molar-refractivity contribution < 1.29 is 9.90 Å². The Morgan fingerprint density at radius 3 is 2.42 bits per heavy atom. The number of amides is 1. The Kier molecular flexibility index (Phi) is 8.14. The van der Waals surface area contributed by atoms with Crippen molar-refractivity contribution in [2.24, 2.45) is 10.9 Å². The smallest absolute Gasteiger partial charge is 0.242 e. The van der Waals surface area contributed by atoms with Crippen LogP contribution in [0.2, 0.25) is 0 Å². The molecule has 0 heterocycles. The molecular formula is C13H28N4O2. The molecule has 4 N–H and O–H groups in total. The molecule has 0 bridgehead atoms. The predicted octanol–water partition coefficient (Wildman–Crippen LogP) is 0.0846. The van der Waals surface area contributed by atoms with Gasteiger partial charge in [-0.15, -0.1) is 0 Å². The van der Waals surface area contributed by atoms with Crippen molar-refractivity contribution in [1.29, 1.82) is 0 Å². The highest BCUT2D eigenvalue weighted by Crippen LogP contribution is 1.97. The van der Waals surface area contributed by atoms with Crippen molar-refractivity contribution >= 4 is 11.9 Å². The average molecular weight is 272 g/mol. The third kappa shape index (κ3) is 10.3. The van der Waals surface area contributed by atoms with Crippen LogP contribution < -0.4 is 16.0 Å². The molecule has 1 unspecified atom stereocenters. The maximum absolute atomic E-state index is 11.6. The number of nitrogens with one attached hydrogen (secondary N) is 3. The van der Waals surface area contributed by atoms with E-state index in [2.05, 4.69) is 20.9 Å². The van der Waals surface area contributed by atoms with Crippen LogP contribution in [-0.2, 0) is 4.79 Å². The highest BCUT2D eigenvalue weighted by atomic mass is 16.3. The molecule has 0 rings (SSSR count). The molecule has 0 aliphatic rings. The molecule has 0 aromatic heterocycles. The molecule has 6 nitrogen and oxygen atoms in total. The van der Waals surface area contributed by atoms with E-state index in [1.54, 1.807) is 0 Å². The monoisotopic (exact) mass is 272 g/mol. The van der Waals surface area contributed by atoms with Crippen LogP contribution in [0.25, 0.3) is 0 Å². The van der Waals surface area contributed by atoms with Gasteiger partial charge in [-0.05, 0) is 33.6 Å². The van der Waals surface area contributed by atoms with Crippen molar-refractivity contribution in [3.63, 3.8) is 0 Å². The molecule has 0 aromatic carbocycles. The highest BCUT2D eigenvalue weighted by molar-refractivity contribution is 5.85. The molecule has 112 valence electrons. The van der Waals surface area contributed by atoms with Gasteiger partial charge in [0.1, 0.15) is 6.54 Å². The minimum atomic E-state index is -0.246. The molecule has 0 aromatic rings. The standard InChI is InChI=1S/C13H28N4O2/c1-6-14-12(15-7-10(2)9-18)16-8-11(19)17-13(3,4)5/h10,18H,6-9H2,1-5H3,(H,17,19)(H2,14,15,16). The lowest BCUT2D eigenvalue weighted by molar-refractivity contribution is -0.121. The summed E-state index contributed by atoms with van der Waals surface area (Å²) in [5.74, 6) is 0.624. The van der Waals surface area contributed by atoms with Crippen molar-refractivity contribution in [1.82, 2.24) is 16.0 Å². The van der Waals surface area contributed by atoms with Crippen molar-refractivity contribution in [3.05, 3.63) is 0 Å².